The van der Waals surface area contributed by atoms with Crippen molar-refractivity contribution in [2.24, 2.45) is 0 Å². The first kappa shape index (κ1) is 16.2. The molecule has 124 valence electrons. The molecule has 0 unspecified atom stereocenters. The molecular formula is C21H15Cl2NO. The Kier molecular flexibility index (Phi) is 4.24. The Bertz CT molecular complexity index is 1010. The van der Waals surface area contributed by atoms with E-state index < -0.39 is 0 Å². The first-order chi connectivity index (χ1) is 12.1. The van der Waals surface area contributed by atoms with Gasteiger partial charge in [-0.3, -0.25) is 4.79 Å². The van der Waals surface area contributed by atoms with Gasteiger partial charge in [0, 0.05) is 27.2 Å². The van der Waals surface area contributed by atoms with Gasteiger partial charge in [-0.05, 0) is 59.2 Å². The topological polar surface area (TPSA) is 29.1 Å². The summed E-state index contributed by atoms with van der Waals surface area (Å²) in [7, 11) is 0. The lowest BCUT2D eigenvalue weighted by Gasteiger charge is -2.09. The highest BCUT2D eigenvalue weighted by Gasteiger charge is 2.16. The highest BCUT2D eigenvalue weighted by molar-refractivity contribution is 6.35. The number of rotatable bonds is 3. The molecule has 4 rings (SSSR count). The first-order valence-electron chi connectivity index (χ1n) is 8.09. The Morgan fingerprint density at radius 2 is 1.80 bits per heavy atom. The third kappa shape index (κ3) is 3.15. The quantitative estimate of drug-likeness (QED) is 0.573. The first-order valence-corrected chi connectivity index (χ1v) is 8.85. The van der Waals surface area contributed by atoms with Crippen LogP contribution >= 0.6 is 23.2 Å². The molecule has 0 aromatic heterocycles. The summed E-state index contributed by atoms with van der Waals surface area (Å²) < 4.78 is 0. The van der Waals surface area contributed by atoms with E-state index in [1.54, 1.807) is 24.3 Å². The lowest BCUT2D eigenvalue weighted by atomic mass is 10.0. The zero-order chi connectivity index (χ0) is 17.4. The van der Waals surface area contributed by atoms with Gasteiger partial charge >= 0.3 is 0 Å². The van der Waals surface area contributed by atoms with Crippen molar-refractivity contribution in [3.05, 3.63) is 81.3 Å². The molecule has 0 radical (unpaired) electrons. The fourth-order valence-electron chi connectivity index (χ4n) is 3.33. The number of aryl methyl sites for hydroxylation is 2. The summed E-state index contributed by atoms with van der Waals surface area (Å²) >= 11 is 12.0. The molecule has 0 heterocycles. The fourth-order valence-corrected chi connectivity index (χ4v) is 3.80. The van der Waals surface area contributed by atoms with Gasteiger partial charge in [-0.2, -0.15) is 0 Å². The number of anilines is 1. The second-order valence-corrected chi connectivity index (χ2v) is 6.94. The molecule has 0 saturated heterocycles. The van der Waals surface area contributed by atoms with Crippen LogP contribution in [0.25, 0.3) is 16.8 Å². The van der Waals surface area contributed by atoms with Crippen molar-refractivity contribution in [2.75, 3.05) is 5.32 Å². The molecule has 1 amide bonds. The predicted molar refractivity (Wildman–Crippen MR) is 105 cm³/mol. The van der Waals surface area contributed by atoms with Crippen LogP contribution in [0.15, 0.2) is 54.6 Å². The van der Waals surface area contributed by atoms with Crippen molar-refractivity contribution in [1.29, 1.82) is 0 Å². The van der Waals surface area contributed by atoms with E-state index in [2.05, 4.69) is 23.5 Å². The average Bonchev–Trinajstić information content (AvgIpc) is 3.01. The molecule has 0 atom stereocenters. The third-order valence-electron chi connectivity index (χ3n) is 4.51. The minimum atomic E-state index is -0.190. The van der Waals surface area contributed by atoms with Crippen LogP contribution in [0.4, 0.5) is 5.69 Å². The molecule has 0 aliphatic heterocycles. The number of hydrogen-bond acceptors (Lipinski definition) is 1. The van der Waals surface area contributed by atoms with Crippen molar-refractivity contribution >= 4 is 51.6 Å². The van der Waals surface area contributed by atoms with E-state index in [0.29, 0.717) is 10.0 Å². The number of halogens is 2. The van der Waals surface area contributed by atoms with Crippen LogP contribution in [0.3, 0.4) is 0 Å². The van der Waals surface area contributed by atoms with Crippen molar-refractivity contribution in [2.45, 2.75) is 12.8 Å². The number of benzene rings is 3. The average molecular weight is 368 g/mol. The summed E-state index contributed by atoms with van der Waals surface area (Å²) in [5.74, 6) is -0.190. The van der Waals surface area contributed by atoms with Gasteiger partial charge in [-0.15, -0.1) is 0 Å². The number of carbonyl (C=O) groups excluding carboxylic acids is 1. The number of hydrogen-bond donors (Lipinski definition) is 1. The smallest absolute Gasteiger partial charge is 0.248 e. The molecule has 0 spiro atoms. The van der Waals surface area contributed by atoms with Gasteiger partial charge in [0.1, 0.15) is 0 Å². The predicted octanol–water partition coefficient (Wildman–Crippen LogP) is 5.90. The van der Waals surface area contributed by atoms with E-state index in [9.17, 15) is 4.79 Å². The maximum absolute atomic E-state index is 12.3. The van der Waals surface area contributed by atoms with Gasteiger partial charge in [-0.1, -0.05) is 53.5 Å². The summed E-state index contributed by atoms with van der Waals surface area (Å²) in [6, 6.07) is 15.5. The van der Waals surface area contributed by atoms with Crippen LogP contribution < -0.4 is 5.32 Å². The van der Waals surface area contributed by atoms with Crippen LogP contribution in [-0.4, -0.2) is 5.91 Å². The lowest BCUT2D eigenvalue weighted by Crippen LogP contribution is -2.08. The van der Waals surface area contributed by atoms with Crippen molar-refractivity contribution < 1.29 is 4.79 Å². The van der Waals surface area contributed by atoms with Crippen molar-refractivity contribution in [3.8, 4) is 0 Å². The largest absolute Gasteiger partial charge is 0.322 e. The summed E-state index contributed by atoms with van der Waals surface area (Å²) in [4.78, 5) is 12.3. The second-order valence-electron chi connectivity index (χ2n) is 6.10. The Hall–Kier alpha value is -2.29. The van der Waals surface area contributed by atoms with Crippen LogP contribution in [0.5, 0.6) is 0 Å². The number of carbonyl (C=O) groups is 1. The molecule has 25 heavy (non-hydrogen) atoms. The molecule has 0 fully saturated rings. The molecule has 1 aliphatic carbocycles. The van der Waals surface area contributed by atoms with Crippen LogP contribution in [0, 0.1) is 0 Å². The van der Waals surface area contributed by atoms with E-state index in [4.69, 9.17) is 23.2 Å². The summed E-state index contributed by atoms with van der Waals surface area (Å²) in [6.45, 7) is 0. The van der Waals surface area contributed by atoms with Gasteiger partial charge in [0.2, 0.25) is 5.91 Å². The van der Waals surface area contributed by atoms with E-state index in [-0.39, 0.29) is 5.91 Å². The molecular weight excluding hydrogens is 353 g/mol. The van der Waals surface area contributed by atoms with Gasteiger partial charge in [-0.25, -0.2) is 0 Å². The zero-order valence-corrected chi connectivity index (χ0v) is 14.9. The van der Waals surface area contributed by atoms with Crippen molar-refractivity contribution in [1.82, 2.24) is 0 Å². The molecule has 4 heteroatoms. The Morgan fingerprint density at radius 1 is 1.00 bits per heavy atom. The standard InChI is InChI=1S/C21H15Cl2NO/c22-16-9-6-13(18(23)12-16)8-11-20(25)24-19-10-7-15-5-4-14-2-1-3-17(19)21(14)15/h1-3,6-12H,4-5H2,(H,24,25). The summed E-state index contributed by atoms with van der Waals surface area (Å²) in [6.07, 6.45) is 5.31. The second kappa shape index (κ2) is 6.55. The zero-order valence-electron chi connectivity index (χ0n) is 13.4. The Balaban J connectivity index is 1.59. The fraction of sp³-hybridized carbons (Fsp3) is 0.0952. The molecule has 2 nitrogen and oxygen atoms in total. The van der Waals surface area contributed by atoms with Crippen LogP contribution in [0.2, 0.25) is 10.0 Å². The maximum atomic E-state index is 12.3. The molecule has 0 bridgehead atoms. The molecule has 3 aromatic rings. The SMILES string of the molecule is O=C(C=Cc1ccc(Cl)cc1Cl)Nc1ccc2c3c(cccc13)CC2. The lowest BCUT2D eigenvalue weighted by molar-refractivity contribution is -0.111. The van der Waals surface area contributed by atoms with E-state index in [1.807, 2.05) is 12.1 Å². The molecule has 1 N–H and O–H groups in total. The van der Waals surface area contributed by atoms with Gasteiger partial charge in [0.15, 0.2) is 0 Å². The van der Waals surface area contributed by atoms with Crippen molar-refractivity contribution in [3.63, 3.8) is 0 Å². The summed E-state index contributed by atoms with van der Waals surface area (Å²) in [5, 5.41) is 6.44. The van der Waals surface area contributed by atoms with Gasteiger partial charge < -0.3 is 5.32 Å². The monoisotopic (exact) mass is 367 g/mol. The van der Waals surface area contributed by atoms with Crippen LogP contribution in [-0.2, 0) is 17.6 Å². The maximum Gasteiger partial charge on any atom is 0.248 e. The highest BCUT2D eigenvalue weighted by Crippen LogP contribution is 2.35. The Morgan fingerprint density at radius 3 is 2.60 bits per heavy atom. The van der Waals surface area contributed by atoms with Gasteiger partial charge in [0.25, 0.3) is 0 Å². The van der Waals surface area contributed by atoms with Crippen LogP contribution in [0.1, 0.15) is 16.7 Å². The summed E-state index contributed by atoms with van der Waals surface area (Å²) in [5.41, 5.74) is 4.29. The Labute approximate surface area is 156 Å². The number of amides is 1. The molecule has 3 aromatic carbocycles. The minimum absolute atomic E-state index is 0.190. The van der Waals surface area contributed by atoms with E-state index >= 15 is 0 Å². The van der Waals surface area contributed by atoms with E-state index in [0.717, 1.165) is 29.5 Å². The minimum Gasteiger partial charge on any atom is -0.322 e. The third-order valence-corrected chi connectivity index (χ3v) is 5.07. The normalized spacial score (nSPS) is 12.9. The van der Waals surface area contributed by atoms with Gasteiger partial charge in [0.05, 0.1) is 0 Å². The number of nitrogens with one attached hydrogen (secondary N) is 1. The van der Waals surface area contributed by atoms with E-state index in [1.165, 1.54) is 22.6 Å². The highest BCUT2D eigenvalue weighted by atomic mass is 35.5. The molecule has 0 saturated carbocycles. The molecule has 1 aliphatic rings.